The van der Waals surface area contributed by atoms with Crippen LogP contribution in [0.15, 0.2) is 54.6 Å². The number of nitrogens with two attached hydrogens (primary N) is 1. The number of hydrogen-bond acceptors (Lipinski definition) is 2. The van der Waals surface area contributed by atoms with Crippen LogP contribution in [0.4, 0.5) is 5.69 Å². The van der Waals surface area contributed by atoms with E-state index in [9.17, 15) is 0 Å². The van der Waals surface area contributed by atoms with E-state index in [0.29, 0.717) is 0 Å². The van der Waals surface area contributed by atoms with E-state index in [2.05, 4.69) is 17.4 Å². The highest BCUT2D eigenvalue weighted by Crippen LogP contribution is 2.11. The van der Waals surface area contributed by atoms with E-state index >= 15 is 0 Å². The average molecular weight is 225 g/mol. The van der Waals surface area contributed by atoms with Crippen molar-refractivity contribution in [1.29, 1.82) is 5.41 Å². The zero-order valence-electron chi connectivity index (χ0n) is 9.48. The molecule has 0 saturated carbocycles. The lowest BCUT2D eigenvalue weighted by Crippen LogP contribution is -2.11. The highest BCUT2D eigenvalue weighted by molar-refractivity contribution is 5.95. The van der Waals surface area contributed by atoms with E-state index in [0.717, 1.165) is 17.8 Å². The molecule has 0 amide bonds. The minimum Gasteiger partial charge on any atom is -0.384 e. The Bertz CT molecular complexity index is 506. The Morgan fingerprint density at radius 1 is 1.06 bits per heavy atom. The molecule has 0 bridgehead atoms. The summed E-state index contributed by atoms with van der Waals surface area (Å²) in [4.78, 5) is 0. The molecule has 0 spiro atoms. The van der Waals surface area contributed by atoms with Crippen molar-refractivity contribution in [2.75, 3.05) is 5.32 Å². The van der Waals surface area contributed by atoms with E-state index in [1.165, 1.54) is 5.56 Å². The number of benzene rings is 2. The Labute approximate surface area is 101 Å². The van der Waals surface area contributed by atoms with Gasteiger partial charge in [0.05, 0.1) is 0 Å². The number of nitrogens with one attached hydrogen (secondary N) is 2. The molecule has 0 aliphatic rings. The van der Waals surface area contributed by atoms with Crippen LogP contribution in [0, 0.1) is 5.41 Å². The third-order valence-corrected chi connectivity index (χ3v) is 2.51. The summed E-state index contributed by atoms with van der Waals surface area (Å²) in [6, 6.07) is 17.7. The summed E-state index contributed by atoms with van der Waals surface area (Å²) in [5.74, 6) is 0.0911. The number of hydrogen-bond donors (Lipinski definition) is 3. The summed E-state index contributed by atoms with van der Waals surface area (Å²) in [5, 5.41) is 10.7. The quantitative estimate of drug-likeness (QED) is 0.553. The molecule has 0 fully saturated rings. The first-order chi connectivity index (χ1) is 8.25. The number of anilines is 1. The molecule has 0 atom stereocenters. The highest BCUT2D eigenvalue weighted by Gasteiger charge is 1.98. The molecule has 0 heterocycles. The second kappa shape index (κ2) is 5.16. The van der Waals surface area contributed by atoms with Crippen molar-refractivity contribution >= 4 is 11.5 Å². The smallest absolute Gasteiger partial charge is 0.122 e. The molecule has 0 saturated heterocycles. The highest BCUT2D eigenvalue weighted by atomic mass is 14.9. The van der Waals surface area contributed by atoms with Gasteiger partial charge in [0.25, 0.3) is 0 Å². The molecule has 0 radical (unpaired) electrons. The van der Waals surface area contributed by atoms with Gasteiger partial charge in [-0.05, 0) is 17.7 Å². The van der Waals surface area contributed by atoms with Gasteiger partial charge in [0, 0.05) is 17.8 Å². The van der Waals surface area contributed by atoms with Crippen molar-refractivity contribution in [3.8, 4) is 0 Å². The van der Waals surface area contributed by atoms with Crippen molar-refractivity contribution in [2.24, 2.45) is 5.73 Å². The Kier molecular flexibility index (Phi) is 3.40. The van der Waals surface area contributed by atoms with Crippen LogP contribution in [0.1, 0.15) is 11.1 Å². The SMILES string of the molecule is N=C(N)c1cccc(NCc2ccccc2)c1. The lowest BCUT2D eigenvalue weighted by atomic mass is 10.1. The van der Waals surface area contributed by atoms with Crippen LogP contribution in [0.25, 0.3) is 0 Å². The number of amidine groups is 1. The maximum Gasteiger partial charge on any atom is 0.122 e. The second-order valence-electron chi connectivity index (χ2n) is 3.83. The lowest BCUT2D eigenvalue weighted by molar-refractivity contribution is 1.15. The van der Waals surface area contributed by atoms with Crippen molar-refractivity contribution in [3.63, 3.8) is 0 Å². The topological polar surface area (TPSA) is 61.9 Å². The predicted molar refractivity (Wildman–Crippen MR) is 71.2 cm³/mol. The van der Waals surface area contributed by atoms with E-state index < -0.39 is 0 Å². The summed E-state index contributed by atoms with van der Waals surface area (Å²) < 4.78 is 0. The second-order valence-corrected chi connectivity index (χ2v) is 3.83. The fourth-order valence-corrected chi connectivity index (χ4v) is 1.60. The standard InChI is InChI=1S/C14H15N3/c15-14(16)12-7-4-8-13(9-12)17-10-11-5-2-1-3-6-11/h1-9,17H,10H2,(H3,15,16). The fraction of sp³-hybridized carbons (Fsp3) is 0.0714. The van der Waals surface area contributed by atoms with Crippen LogP contribution in [-0.2, 0) is 6.54 Å². The summed E-state index contributed by atoms with van der Waals surface area (Å²) in [7, 11) is 0. The molecule has 17 heavy (non-hydrogen) atoms. The van der Waals surface area contributed by atoms with Crippen LogP contribution >= 0.6 is 0 Å². The van der Waals surface area contributed by atoms with Gasteiger partial charge in [0.2, 0.25) is 0 Å². The predicted octanol–water partition coefficient (Wildman–Crippen LogP) is 2.58. The summed E-state index contributed by atoms with van der Waals surface area (Å²) in [6.07, 6.45) is 0. The van der Waals surface area contributed by atoms with Gasteiger partial charge in [0.1, 0.15) is 5.84 Å². The van der Waals surface area contributed by atoms with Gasteiger partial charge in [-0.2, -0.15) is 0 Å². The Hall–Kier alpha value is -2.29. The van der Waals surface area contributed by atoms with Crippen LogP contribution in [0.5, 0.6) is 0 Å². The number of rotatable bonds is 4. The van der Waals surface area contributed by atoms with Gasteiger partial charge >= 0.3 is 0 Å². The largest absolute Gasteiger partial charge is 0.384 e. The monoisotopic (exact) mass is 225 g/mol. The molecule has 3 nitrogen and oxygen atoms in total. The van der Waals surface area contributed by atoms with Crippen LogP contribution in [0.3, 0.4) is 0 Å². The van der Waals surface area contributed by atoms with Crippen LogP contribution < -0.4 is 11.1 Å². The van der Waals surface area contributed by atoms with E-state index in [1.54, 1.807) is 0 Å². The third-order valence-electron chi connectivity index (χ3n) is 2.51. The van der Waals surface area contributed by atoms with E-state index in [4.69, 9.17) is 11.1 Å². The van der Waals surface area contributed by atoms with Crippen LogP contribution in [-0.4, -0.2) is 5.84 Å². The molecule has 0 aliphatic heterocycles. The molecule has 0 aliphatic carbocycles. The summed E-state index contributed by atoms with van der Waals surface area (Å²) >= 11 is 0. The minimum absolute atomic E-state index is 0.0911. The van der Waals surface area contributed by atoms with Crippen LogP contribution in [0.2, 0.25) is 0 Å². The normalized spacial score (nSPS) is 9.88. The van der Waals surface area contributed by atoms with Gasteiger partial charge in [-0.15, -0.1) is 0 Å². The summed E-state index contributed by atoms with van der Waals surface area (Å²) in [6.45, 7) is 0.766. The molecule has 86 valence electrons. The van der Waals surface area contributed by atoms with Gasteiger partial charge in [-0.3, -0.25) is 5.41 Å². The number of nitrogen functional groups attached to an aromatic ring is 1. The van der Waals surface area contributed by atoms with Gasteiger partial charge < -0.3 is 11.1 Å². The first kappa shape index (κ1) is 11.2. The Morgan fingerprint density at radius 2 is 1.82 bits per heavy atom. The molecule has 3 heteroatoms. The van der Waals surface area contributed by atoms with Gasteiger partial charge in [0.15, 0.2) is 0 Å². The summed E-state index contributed by atoms with van der Waals surface area (Å²) in [5.41, 5.74) is 8.38. The lowest BCUT2D eigenvalue weighted by Gasteiger charge is -2.07. The van der Waals surface area contributed by atoms with Gasteiger partial charge in [-0.25, -0.2) is 0 Å². The maximum atomic E-state index is 7.38. The molecule has 2 rings (SSSR count). The Morgan fingerprint density at radius 3 is 2.53 bits per heavy atom. The molecule has 4 N–H and O–H groups in total. The molecular formula is C14H15N3. The molecule has 2 aromatic carbocycles. The first-order valence-electron chi connectivity index (χ1n) is 5.48. The van der Waals surface area contributed by atoms with Gasteiger partial charge in [-0.1, -0.05) is 42.5 Å². The van der Waals surface area contributed by atoms with Crippen molar-refractivity contribution in [3.05, 3.63) is 65.7 Å². The van der Waals surface area contributed by atoms with E-state index in [-0.39, 0.29) is 5.84 Å². The minimum atomic E-state index is 0.0911. The van der Waals surface area contributed by atoms with Crippen molar-refractivity contribution in [1.82, 2.24) is 0 Å². The molecule has 2 aromatic rings. The fourth-order valence-electron chi connectivity index (χ4n) is 1.60. The third kappa shape index (κ3) is 3.08. The van der Waals surface area contributed by atoms with E-state index in [1.807, 2.05) is 42.5 Å². The Balaban J connectivity index is 2.04. The molecule has 0 unspecified atom stereocenters. The zero-order valence-corrected chi connectivity index (χ0v) is 9.48. The van der Waals surface area contributed by atoms with Crippen molar-refractivity contribution in [2.45, 2.75) is 6.54 Å². The first-order valence-corrected chi connectivity index (χ1v) is 5.48. The zero-order chi connectivity index (χ0) is 12.1. The molecule has 0 aromatic heterocycles. The van der Waals surface area contributed by atoms with Crippen molar-refractivity contribution < 1.29 is 0 Å². The average Bonchev–Trinajstić information content (AvgIpc) is 2.38. The molecular weight excluding hydrogens is 210 g/mol. The maximum absolute atomic E-state index is 7.38.